The lowest BCUT2D eigenvalue weighted by Crippen LogP contribution is -2.26. The highest BCUT2D eigenvalue weighted by atomic mass is 16.5. The van der Waals surface area contributed by atoms with Crippen molar-refractivity contribution in [3.05, 3.63) is 101 Å². The van der Waals surface area contributed by atoms with E-state index in [0.717, 1.165) is 12.0 Å². The number of aryl methyl sites for hydroxylation is 1. The Bertz CT molecular complexity index is 1320. The van der Waals surface area contributed by atoms with Crippen molar-refractivity contribution in [3.8, 4) is 23.3 Å². The fourth-order valence-electron chi connectivity index (χ4n) is 4.52. The second-order valence-electron chi connectivity index (χ2n) is 9.14. The number of amides is 1. The van der Waals surface area contributed by atoms with Crippen LogP contribution in [0.2, 0.25) is 0 Å². The summed E-state index contributed by atoms with van der Waals surface area (Å²) in [7, 11) is 0. The molecule has 6 nitrogen and oxygen atoms in total. The van der Waals surface area contributed by atoms with E-state index in [0.29, 0.717) is 47.3 Å². The lowest BCUT2D eigenvalue weighted by atomic mass is 9.90. The maximum absolute atomic E-state index is 12.7. The number of fused-ring (bicyclic) bond motifs is 1. The largest absolute Gasteiger partial charge is 0.512 e. The SMILES string of the molecule is C=C(O)C1CCOc2cc(Oc3ccc(C(=O)NC4CC4c4ccc(C)cc4)cc3)c(C#N)cc21. The summed E-state index contributed by atoms with van der Waals surface area (Å²) in [6.45, 7) is 6.15. The number of aliphatic hydroxyl groups excluding tert-OH is 1. The molecule has 1 aliphatic heterocycles. The van der Waals surface area contributed by atoms with Crippen molar-refractivity contribution in [1.29, 1.82) is 5.26 Å². The van der Waals surface area contributed by atoms with Gasteiger partial charge in [0.1, 0.15) is 23.3 Å². The van der Waals surface area contributed by atoms with Crippen molar-refractivity contribution in [3.63, 3.8) is 0 Å². The number of nitrogens with zero attached hydrogens (tertiary/aromatic N) is 1. The zero-order chi connectivity index (χ0) is 24.5. The molecule has 1 fully saturated rings. The zero-order valence-electron chi connectivity index (χ0n) is 19.5. The van der Waals surface area contributed by atoms with Crippen LogP contribution in [0.25, 0.3) is 0 Å². The van der Waals surface area contributed by atoms with Crippen LogP contribution >= 0.6 is 0 Å². The summed E-state index contributed by atoms with van der Waals surface area (Å²) in [5.41, 5.74) is 4.08. The molecule has 176 valence electrons. The van der Waals surface area contributed by atoms with Crippen molar-refractivity contribution in [2.45, 2.75) is 37.6 Å². The van der Waals surface area contributed by atoms with E-state index in [9.17, 15) is 15.2 Å². The molecule has 6 heteroatoms. The van der Waals surface area contributed by atoms with E-state index in [1.54, 1.807) is 36.4 Å². The molecule has 1 heterocycles. The van der Waals surface area contributed by atoms with Gasteiger partial charge in [0.25, 0.3) is 5.91 Å². The Morgan fingerprint density at radius 1 is 1.17 bits per heavy atom. The van der Waals surface area contributed by atoms with E-state index in [1.807, 2.05) is 0 Å². The fourth-order valence-corrected chi connectivity index (χ4v) is 4.52. The minimum absolute atomic E-state index is 0.0531. The Balaban J connectivity index is 1.26. The van der Waals surface area contributed by atoms with Crippen LogP contribution < -0.4 is 14.8 Å². The summed E-state index contributed by atoms with van der Waals surface area (Å²) in [6, 6.07) is 20.9. The number of ether oxygens (including phenoxy) is 2. The van der Waals surface area contributed by atoms with E-state index in [2.05, 4.69) is 49.2 Å². The quantitative estimate of drug-likeness (QED) is 0.443. The molecule has 5 rings (SSSR count). The number of benzene rings is 3. The van der Waals surface area contributed by atoms with Gasteiger partial charge in [-0.15, -0.1) is 0 Å². The molecule has 3 aromatic carbocycles. The molecule has 2 aliphatic rings. The van der Waals surface area contributed by atoms with E-state index in [-0.39, 0.29) is 23.6 Å². The normalized spacial score (nSPS) is 20.1. The van der Waals surface area contributed by atoms with E-state index in [4.69, 9.17) is 9.47 Å². The number of hydrogen-bond acceptors (Lipinski definition) is 5. The summed E-state index contributed by atoms with van der Waals surface area (Å²) < 4.78 is 11.7. The Morgan fingerprint density at radius 2 is 1.91 bits per heavy atom. The lowest BCUT2D eigenvalue weighted by molar-refractivity contribution is 0.0950. The molecule has 3 atom stereocenters. The molecule has 0 aromatic heterocycles. The van der Waals surface area contributed by atoms with Crippen LogP contribution in [-0.2, 0) is 0 Å². The van der Waals surface area contributed by atoms with Gasteiger partial charge in [-0.2, -0.15) is 5.26 Å². The maximum atomic E-state index is 12.7. The molecule has 1 amide bonds. The van der Waals surface area contributed by atoms with E-state index >= 15 is 0 Å². The number of carbonyl (C=O) groups is 1. The van der Waals surface area contributed by atoms with Crippen LogP contribution in [0.15, 0.2) is 73.0 Å². The Hall–Kier alpha value is -4.24. The van der Waals surface area contributed by atoms with Crippen molar-refractivity contribution in [2.75, 3.05) is 6.61 Å². The smallest absolute Gasteiger partial charge is 0.251 e. The van der Waals surface area contributed by atoms with Gasteiger partial charge < -0.3 is 19.9 Å². The number of allylic oxidation sites excluding steroid dienone is 1. The summed E-state index contributed by atoms with van der Waals surface area (Å²) in [6.07, 6.45) is 1.54. The van der Waals surface area contributed by atoms with Gasteiger partial charge in [0, 0.05) is 35.1 Å². The maximum Gasteiger partial charge on any atom is 0.251 e. The zero-order valence-corrected chi connectivity index (χ0v) is 19.5. The topological polar surface area (TPSA) is 91.6 Å². The van der Waals surface area contributed by atoms with Crippen molar-refractivity contribution in [1.82, 2.24) is 5.32 Å². The number of rotatable bonds is 6. The number of aliphatic hydroxyl groups is 1. The van der Waals surface area contributed by atoms with Crippen molar-refractivity contribution in [2.24, 2.45) is 0 Å². The van der Waals surface area contributed by atoms with Gasteiger partial charge in [0.2, 0.25) is 0 Å². The van der Waals surface area contributed by atoms with Crippen molar-refractivity contribution >= 4 is 5.91 Å². The molecular formula is C29H26N2O4. The molecule has 1 saturated carbocycles. The van der Waals surface area contributed by atoms with Crippen LogP contribution in [0.3, 0.4) is 0 Å². The van der Waals surface area contributed by atoms with Gasteiger partial charge in [-0.05, 0) is 55.7 Å². The Kier molecular flexibility index (Phi) is 5.92. The van der Waals surface area contributed by atoms with Gasteiger partial charge in [-0.3, -0.25) is 4.79 Å². The van der Waals surface area contributed by atoms with Gasteiger partial charge in [0.15, 0.2) is 0 Å². The summed E-state index contributed by atoms with van der Waals surface area (Å²) >= 11 is 0. The lowest BCUT2D eigenvalue weighted by Gasteiger charge is -2.26. The van der Waals surface area contributed by atoms with Crippen molar-refractivity contribution < 1.29 is 19.4 Å². The van der Waals surface area contributed by atoms with E-state index in [1.165, 1.54) is 11.1 Å². The number of nitrogens with one attached hydrogen (secondary N) is 1. The molecule has 0 saturated heterocycles. The number of carbonyl (C=O) groups excluding carboxylic acids is 1. The summed E-state index contributed by atoms with van der Waals surface area (Å²) in [5.74, 6) is 1.44. The highest BCUT2D eigenvalue weighted by Gasteiger charge is 2.39. The monoisotopic (exact) mass is 466 g/mol. The molecule has 2 N–H and O–H groups in total. The minimum atomic E-state index is -0.269. The van der Waals surface area contributed by atoms with Gasteiger partial charge in [-0.1, -0.05) is 36.4 Å². The molecule has 0 spiro atoms. The second kappa shape index (κ2) is 9.19. The third-order valence-electron chi connectivity index (χ3n) is 6.63. The summed E-state index contributed by atoms with van der Waals surface area (Å²) in [5, 5.41) is 22.6. The predicted molar refractivity (Wildman–Crippen MR) is 132 cm³/mol. The average Bonchev–Trinajstić information content (AvgIpc) is 3.62. The van der Waals surface area contributed by atoms with Crippen LogP contribution in [0.4, 0.5) is 0 Å². The summed E-state index contributed by atoms with van der Waals surface area (Å²) in [4.78, 5) is 12.7. The molecule has 0 bridgehead atoms. The molecule has 3 unspecified atom stereocenters. The highest BCUT2D eigenvalue weighted by molar-refractivity contribution is 5.94. The molecule has 35 heavy (non-hydrogen) atoms. The molecule has 0 radical (unpaired) electrons. The number of hydrogen-bond donors (Lipinski definition) is 2. The average molecular weight is 467 g/mol. The molecule has 1 aliphatic carbocycles. The fraction of sp³-hybridized carbons (Fsp3) is 0.241. The van der Waals surface area contributed by atoms with Crippen LogP contribution in [0.5, 0.6) is 17.2 Å². The molecular weight excluding hydrogens is 440 g/mol. The first-order valence-corrected chi connectivity index (χ1v) is 11.7. The first-order valence-electron chi connectivity index (χ1n) is 11.7. The number of nitriles is 1. The van der Waals surface area contributed by atoms with Crippen LogP contribution in [-0.4, -0.2) is 23.7 Å². The van der Waals surface area contributed by atoms with E-state index < -0.39 is 0 Å². The molecule has 3 aromatic rings. The third kappa shape index (κ3) is 4.71. The first-order chi connectivity index (χ1) is 16.9. The third-order valence-corrected chi connectivity index (χ3v) is 6.63. The standard InChI is InChI=1S/C29H26N2O4/c1-17-3-5-19(6-4-17)24-14-26(24)31-29(33)20-7-9-22(10-8-20)35-27-15-28-25(13-21(27)16-30)23(18(2)32)11-12-34-28/h3-10,13,15,23-24,26,32H,2,11-12,14H2,1H3,(H,31,33). The minimum Gasteiger partial charge on any atom is -0.512 e. The van der Waals surface area contributed by atoms with Gasteiger partial charge in [0.05, 0.1) is 17.9 Å². The second-order valence-corrected chi connectivity index (χ2v) is 9.14. The Morgan fingerprint density at radius 3 is 2.60 bits per heavy atom. The van der Waals surface area contributed by atoms with Gasteiger partial charge >= 0.3 is 0 Å². The first kappa shape index (κ1) is 22.5. The van der Waals surface area contributed by atoms with Crippen LogP contribution in [0, 0.1) is 18.3 Å². The highest BCUT2D eigenvalue weighted by Crippen LogP contribution is 2.42. The van der Waals surface area contributed by atoms with Gasteiger partial charge in [-0.25, -0.2) is 0 Å². The predicted octanol–water partition coefficient (Wildman–Crippen LogP) is 5.88. The van der Waals surface area contributed by atoms with Crippen LogP contribution in [0.1, 0.15) is 57.3 Å². The Labute approximate surface area is 204 Å².